The normalized spacial score (nSPS) is 11.1. The van der Waals surface area contributed by atoms with Gasteiger partial charge in [0.25, 0.3) is 5.91 Å². The SMILES string of the molecule is Cn1ncc(Cl)c1-c1cc(NC(=O)c2onc3ccccc23)ccc1OCCN.O=C(O)C(F)(F)F. The van der Waals surface area contributed by atoms with Crippen molar-refractivity contribution < 1.29 is 37.1 Å². The summed E-state index contributed by atoms with van der Waals surface area (Å²) in [6.45, 7) is 0.716. The highest BCUT2D eigenvalue weighted by atomic mass is 35.5. The Morgan fingerprint density at radius 2 is 1.94 bits per heavy atom. The number of carboxylic acids is 1. The molecule has 0 spiro atoms. The molecule has 2 heterocycles. The van der Waals surface area contributed by atoms with Gasteiger partial charge in [-0.2, -0.15) is 18.3 Å². The third-order valence-corrected chi connectivity index (χ3v) is 4.87. The van der Waals surface area contributed by atoms with Crippen LogP contribution in [-0.2, 0) is 11.8 Å². The second kappa shape index (κ2) is 11.1. The molecule has 0 unspecified atom stereocenters. The van der Waals surface area contributed by atoms with Gasteiger partial charge in [0.05, 0.1) is 22.3 Å². The zero-order valence-electron chi connectivity index (χ0n) is 18.5. The molecule has 0 aliphatic rings. The number of hydrogen-bond acceptors (Lipinski definition) is 7. The van der Waals surface area contributed by atoms with Crippen LogP contribution in [0.15, 0.2) is 53.2 Å². The van der Waals surface area contributed by atoms with E-state index in [1.165, 1.54) is 0 Å². The number of rotatable bonds is 6. The summed E-state index contributed by atoms with van der Waals surface area (Å²) in [5, 5.41) is 19.2. The van der Waals surface area contributed by atoms with E-state index >= 15 is 0 Å². The van der Waals surface area contributed by atoms with E-state index in [1.54, 1.807) is 48.3 Å². The number of carboxylic acid groups (broad SMARTS) is 1. The molecule has 0 aliphatic heterocycles. The van der Waals surface area contributed by atoms with Crippen LogP contribution < -0.4 is 15.8 Å². The maximum absolute atomic E-state index is 12.7. The van der Waals surface area contributed by atoms with Crippen molar-refractivity contribution in [1.29, 1.82) is 0 Å². The van der Waals surface area contributed by atoms with Crippen LogP contribution in [-0.4, -0.2) is 51.2 Å². The van der Waals surface area contributed by atoms with Crippen LogP contribution in [0.4, 0.5) is 18.9 Å². The van der Waals surface area contributed by atoms with Gasteiger partial charge in [0.2, 0.25) is 5.76 Å². The summed E-state index contributed by atoms with van der Waals surface area (Å²) in [7, 11) is 1.78. The third-order valence-electron chi connectivity index (χ3n) is 4.59. The van der Waals surface area contributed by atoms with Gasteiger partial charge in [-0.1, -0.05) is 28.9 Å². The first-order valence-electron chi connectivity index (χ1n) is 10.1. The summed E-state index contributed by atoms with van der Waals surface area (Å²) in [5.74, 6) is -2.43. The number of hydrogen-bond donors (Lipinski definition) is 3. The molecule has 4 rings (SSSR count). The molecule has 0 saturated heterocycles. The summed E-state index contributed by atoms with van der Waals surface area (Å²) in [6.07, 6.45) is -3.53. The lowest BCUT2D eigenvalue weighted by Crippen LogP contribution is -2.21. The highest BCUT2D eigenvalue weighted by molar-refractivity contribution is 6.33. The van der Waals surface area contributed by atoms with Gasteiger partial charge in [0, 0.05) is 24.8 Å². The molecule has 4 aromatic rings. The molecule has 14 heteroatoms. The Morgan fingerprint density at radius 1 is 1.25 bits per heavy atom. The van der Waals surface area contributed by atoms with Crippen LogP contribution in [0, 0.1) is 0 Å². The van der Waals surface area contributed by atoms with E-state index in [4.69, 9.17) is 36.5 Å². The number of nitrogens with zero attached hydrogens (tertiary/aromatic N) is 3. The molecule has 10 nitrogen and oxygen atoms in total. The van der Waals surface area contributed by atoms with Gasteiger partial charge in [-0.3, -0.25) is 9.48 Å². The number of carbonyl (C=O) groups is 2. The first kappa shape index (κ1) is 26.5. The Hall–Kier alpha value is -4.10. The molecule has 190 valence electrons. The predicted molar refractivity (Wildman–Crippen MR) is 124 cm³/mol. The summed E-state index contributed by atoms with van der Waals surface area (Å²) in [5.41, 5.74) is 8.07. The monoisotopic (exact) mass is 525 g/mol. The first-order chi connectivity index (χ1) is 17.0. The zero-order valence-corrected chi connectivity index (χ0v) is 19.3. The van der Waals surface area contributed by atoms with E-state index in [1.807, 2.05) is 12.1 Å². The number of fused-ring (bicyclic) bond motifs is 1. The molecular formula is C22H19ClF3N5O5. The smallest absolute Gasteiger partial charge is 0.490 e. The summed E-state index contributed by atoms with van der Waals surface area (Å²) < 4.78 is 44.4. The minimum Gasteiger partial charge on any atom is -0.492 e. The molecule has 4 N–H and O–H groups in total. The van der Waals surface area contributed by atoms with Crippen molar-refractivity contribution in [1.82, 2.24) is 14.9 Å². The fourth-order valence-corrected chi connectivity index (χ4v) is 3.31. The Labute approximate surface area is 206 Å². The van der Waals surface area contributed by atoms with Crippen LogP contribution >= 0.6 is 11.6 Å². The number of carbonyl (C=O) groups excluding carboxylic acids is 1. The number of aromatic nitrogens is 3. The molecule has 0 aliphatic carbocycles. The minimum absolute atomic E-state index is 0.143. The zero-order chi connectivity index (χ0) is 26.5. The molecular weight excluding hydrogens is 507 g/mol. The van der Waals surface area contributed by atoms with E-state index in [0.29, 0.717) is 51.8 Å². The van der Waals surface area contributed by atoms with Gasteiger partial charge in [-0.25, -0.2) is 4.79 Å². The number of anilines is 1. The van der Waals surface area contributed by atoms with Crippen LogP contribution in [0.3, 0.4) is 0 Å². The van der Waals surface area contributed by atoms with Crippen molar-refractivity contribution in [2.75, 3.05) is 18.5 Å². The number of nitrogens with one attached hydrogen (secondary N) is 1. The van der Waals surface area contributed by atoms with Crippen molar-refractivity contribution in [3.63, 3.8) is 0 Å². The third kappa shape index (κ3) is 6.12. The van der Waals surface area contributed by atoms with Crippen molar-refractivity contribution >= 4 is 40.1 Å². The Balaban J connectivity index is 0.000000454. The molecule has 2 aromatic heterocycles. The Kier molecular flexibility index (Phi) is 8.17. The van der Waals surface area contributed by atoms with E-state index in [0.717, 1.165) is 0 Å². The number of ether oxygens (including phenoxy) is 1. The van der Waals surface area contributed by atoms with Gasteiger partial charge in [-0.15, -0.1) is 0 Å². The van der Waals surface area contributed by atoms with Gasteiger partial charge < -0.3 is 25.4 Å². The van der Waals surface area contributed by atoms with Crippen molar-refractivity contribution in [2.45, 2.75) is 6.18 Å². The van der Waals surface area contributed by atoms with E-state index in [-0.39, 0.29) is 5.76 Å². The number of amides is 1. The van der Waals surface area contributed by atoms with E-state index in [9.17, 15) is 18.0 Å². The molecule has 0 atom stereocenters. The number of benzene rings is 2. The molecule has 0 radical (unpaired) electrons. The van der Waals surface area contributed by atoms with Crippen LogP contribution in [0.5, 0.6) is 5.75 Å². The van der Waals surface area contributed by atoms with Crippen molar-refractivity contribution in [3.05, 3.63) is 59.4 Å². The quantitative estimate of drug-likeness (QED) is 0.341. The number of aryl methyl sites for hydroxylation is 1. The van der Waals surface area contributed by atoms with Crippen LogP contribution in [0.1, 0.15) is 10.6 Å². The minimum atomic E-state index is -5.08. The van der Waals surface area contributed by atoms with Crippen LogP contribution in [0.25, 0.3) is 22.2 Å². The van der Waals surface area contributed by atoms with Crippen LogP contribution in [0.2, 0.25) is 5.02 Å². The fourth-order valence-electron chi connectivity index (χ4n) is 3.04. The van der Waals surface area contributed by atoms with E-state index < -0.39 is 18.1 Å². The maximum Gasteiger partial charge on any atom is 0.490 e. The Bertz CT molecular complexity index is 1370. The number of halogens is 4. The fraction of sp³-hybridized carbons (Fsp3) is 0.182. The lowest BCUT2D eigenvalue weighted by molar-refractivity contribution is -0.192. The molecule has 0 fully saturated rings. The first-order valence-corrected chi connectivity index (χ1v) is 10.5. The highest BCUT2D eigenvalue weighted by Gasteiger charge is 2.38. The highest BCUT2D eigenvalue weighted by Crippen LogP contribution is 2.36. The maximum atomic E-state index is 12.7. The average Bonchev–Trinajstić information content (AvgIpc) is 3.41. The standard InChI is InChI=1S/C20H18ClN5O3.C2HF3O2/c1-26-18(15(21)11-23-26)14-10-12(6-7-17(14)28-9-8-22)24-20(27)19-13-4-2-3-5-16(13)25-29-19;3-2(4,5)1(6)7/h2-7,10-11H,8-9,22H2,1H3,(H,24,27);(H,6,7). The van der Waals surface area contributed by atoms with Crippen molar-refractivity contribution in [2.24, 2.45) is 12.8 Å². The van der Waals surface area contributed by atoms with Crippen molar-refractivity contribution in [3.8, 4) is 17.0 Å². The molecule has 0 bridgehead atoms. The molecule has 36 heavy (non-hydrogen) atoms. The second-order valence-electron chi connectivity index (χ2n) is 7.10. The summed E-state index contributed by atoms with van der Waals surface area (Å²) >= 11 is 6.32. The largest absolute Gasteiger partial charge is 0.492 e. The van der Waals surface area contributed by atoms with Gasteiger partial charge >= 0.3 is 12.1 Å². The number of alkyl halides is 3. The van der Waals surface area contributed by atoms with E-state index in [2.05, 4.69) is 15.6 Å². The van der Waals surface area contributed by atoms with Gasteiger partial charge in [0.15, 0.2) is 0 Å². The summed E-state index contributed by atoms with van der Waals surface area (Å²) in [4.78, 5) is 21.6. The molecule has 2 aromatic carbocycles. The molecule has 1 amide bonds. The Morgan fingerprint density at radius 3 is 2.56 bits per heavy atom. The lowest BCUT2D eigenvalue weighted by atomic mass is 10.1. The topological polar surface area (TPSA) is 146 Å². The molecule has 0 saturated carbocycles. The number of nitrogens with two attached hydrogens (primary N) is 1. The predicted octanol–water partition coefficient (Wildman–Crippen LogP) is 4.10. The average molecular weight is 526 g/mol. The lowest BCUT2D eigenvalue weighted by Gasteiger charge is -2.14. The van der Waals surface area contributed by atoms with Gasteiger partial charge in [0.1, 0.15) is 17.9 Å². The summed E-state index contributed by atoms with van der Waals surface area (Å²) in [6, 6.07) is 12.5. The second-order valence-corrected chi connectivity index (χ2v) is 7.51. The number of aliphatic carboxylic acids is 1. The van der Waals surface area contributed by atoms with Gasteiger partial charge in [-0.05, 0) is 30.3 Å².